The molecule has 214 valence electrons. The highest BCUT2D eigenvalue weighted by Crippen LogP contribution is 2.37. The Morgan fingerprint density at radius 2 is 0.800 bits per heavy atom. The van der Waals surface area contributed by atoms with Gasteiger partial charge < -0.3 is 0 Å². The maximum Gasteiger partial charge on any atom is 0.113 e. The van der Waals surface area contributed by atoms with E-state index in [1.54, 1.807) is 5.19 Å². The summed E-state index contributed by atoms with van der Waals surface area (Å²) >= 11 is 0. The molecular formula is C43H33NSi. The molecule has 0 atom stereocenters. The molecule has 1 aromatic heterocycles. The van der Waals surface area contributed by atoms with Crippen LogP contribution in [0.2, 0.25) is 13.1 Å². The molecule has 0 fully saturated rings. The first-order valence-electron chi connectivity index (χ1n) is 15.6. The summed E-state index contributed by atoms with van der Waals surface area (Å²) in [5.41, 5.74) is 14.3. The molecule has 8 rings (SSSR count). The molecule has 0 aliphatic carbocycles. The van der Waals surface area contributed by atoms with Crippen LogP contribution in [0.25, 0.3) is 67.0 Å². The standard InChI is InChI=1S/C43H33NSi/c1-45(2)42-20-12-11-19-38(42)39-26-25-34(29-43(39)45)30-21-23-31(24-22-30)36-17-9-10-18-37(36)35-27-40(32-13-5-3-6-14-32)44-41(28-35)33-15-7-4-8-16-33/h3-29H,1-2H3. The van der Waals surface area contributed by atoms with Gasteiger partial charge in [0.25, 0.3) is 0 Å². The summed E-state index contributed by atoms with van der Waals surface area (Å²) in [4.78, 5) is 5.10. The molecule has 0 radical (unpaired) electrons. The van der Waals surface area contributed by atoms with Gasteiger partial charge in [-0.25, -0.2) is 4.98 Å². The van der Waals surface area contributed by atoms with E-state index in [0.29, 0.717) is 0 Å². The number of aromatic nitrogens is 1. The Morgan fingerprint density at radius 1 is 0.333 bits per heavy atom. The van der Waals surface area contributed by atoms with E-state index >= 15 is 0 Å². The van der Waals surface area contributed by atoms with E-state index in [1.807, 2.05) is 0 Å². The molecule has 2 heteroatoms. The van der Waals surface area contributed by atoms with Crippen molar-refractivity contribution < 1.29 is 0 Å². The van der Waals surface area contributed by atoms with Crippen LogP contribution in [-0.4, -0.2) is 13.1 Å². The Morgan fingerprint density at radius 3 is 1.42 bits per heavy atom. The first-order valence-corrected chi connectivity index (χ1v) is 18.6. The minimum atomic E-state index is -1.72. The first-order chi connectivity index (χ1) is 22.1. The zero-order chi connectivity index (χ0) is 30.4. The van der Waals surface area contributed by atoms with Crippen LogP contribution >= 0.6 is 0 Å². The number of benzene rings is 6. The molecule has 1 aliphatic rings. The summed E-state index contributed by atoms with van der Waals surface area (Å²) in [6.45, 7) is 4.96. The van der Waals surface area contributed by atoms with Crippen molar-refractivity contribution in [3.63, 3.8) is 0 Å². The van der Waals surface area contributed by atoms with Crippen molar-refractivity contribution in [2.24, 2.45) is 0 Å². The van der Waals surface area contributed by atoms with E-state index in [2.05, 4.69) is 177 Å². The zero-order valence-electron chi connectivity index (χ0n) is 25.5. The second-order valence-corrected chi connectivity index (χ2v) is 16.7. The average molecular weight is 592 g/mol. The van der Waals surface area contributed by atoms with E-state index < -0.39 is 8.07 Å². The minimum absolute atomic E-state index is 0.974. The Bertz CT molecular complexity index is 2110. The van der Waals surface area contributed by atoms with Crippen LogP contribution in [0, 0.1) is 0 Å². The lowest BCUT2D eigenvalue weighted by Crippen LogP contribution is -2.49. The third-order valence-corrected chi connectivity index (χ3v) is 12.9. The Labute approximate surface area is 266 Å². The van der Waals surface area contributed by atoms with Gasteiger partial charge in [-0.1, -0.05) is 165 Å². The van der Waals surface area contributed by atoms with Gasteiger partial charge in [-0.05, 0) is 67.0 Å². The monoisotopic (exact) mass is 591 g/mol. The number of nitrogens with zero attached hydrogens (tertiary/aromatic N) is 1. The van der Waals surface area contributed by atoms with Crippen LogP contribution in [0.5, 0.6) is 0 Å². The molecule has 0 bridgehead atoms. The van der Waals surface area contributed by atoms with E-state index in [4.69, 9.17) is 4.98 Å². The molecule has 45 heavy (non-hydrogen) atoms. The third-order valence-electron chi connectivity index (χ3n) is 9.32. The number of pyridine rings is 1. The van der Waals surface area contributed by atoms with E-state index in [0.717, 1.165) is 28.1 Å². The second-order valence-electron chi connectivity index (χ2n) is 12.4. The Balaban J connectivity index is 1.19. The average Bonchev–Trinajstić information content (AvgIpc) is 3.34. The zero-order valence-corrected chi connectivity index (χ0v) is 26.5. The third kappa shape index (κ3) is 4.84. The van der Waals surface area contributed by atoms with Gasteiger partial charge in [0, 0.05) is 11.1 Å². The summed E-state index contributed by atoms with van der Waals surface area (Å²) in [5, 5.41) is 3.09. The van der Waals surface area contributed by atoms with Crippen molar-refractivity contribution >= 4 is 18.4 Å². The SMILES string of the molecule is C[Si]1(C)c2ccccc2-c2ccc(-c3ccc(-c4ccccc4-c4cc(-c5ccccc5)nc(-c5ccccc5)c4)cc3)cc21. The van der Waals surface area contributed by atoms with Gasteiger partial charge in [0.1, 0.15) is 8.07 Å². The summed E-state index contributed by atoms with van der Waals surface area (Å²) in [5.74, 6) is 0. The first kappa shape index (κ1) is 27.3. The molecule has 0 saturated carbocycles. The van der Waals surface area contributed by atoms with Crippen LogP contribution in [0.15, 0.2) is 164 Å². The van der Waals surface area contributed by atoms with Crippen LogP contribution in [0.4, 0.5) is 0 Å². The van der Waals surface area contributed by atoms with Crippen molar-refractivity contribution in [1.29, 1.82) is 0 Å². The van der Waals surface area contributed by atoms with Crippen molar-refractivity contribution in [3.8, 4) is 67.0 Å². The highest BCUT2D eigenvalue weighted by Gasteiger charge is 2.37. The fraction of sp³-hybridized carbons (Fsp3) is 0.0465. The molecule has 6 aromatic carbocycles. The fourth-order valence-electron chi connectivity index (χ4n) is 6.91. The van der Waals surface area contributed by atoms with E-state index in [9.17, 15) is 0 Å². The van der Waals surface area contributed by atoms with Crippen LogP contribution in [-0.2, 0) is 0 Å². The highest BCUT2D eigenvalue weighted by molar-refractivity contribution is 7.03. The smallest absolute Gasteiger partial charge is 0.113 e. The molecule has 0 amide bonds. The molecule has 0 saturated heterocycles. The van der Waals surface area contributed by atoms with E-state index in [-0.39, 0.29) is 0 Å². The van der Waals surface area contributed by atoms with Gasteiger partial charge in [-0.15, -0.1) is 0 Å². The molecule has 1 nitrogen and oxygen atoms in total. The molecule has 1 aliphatic heterocycles. The van der Waals surface area contributed by atoms with E-state index in [1.165, 1.54) is 44.1 Å². The predicted molar refractivity (Wildman–Crippen MR) is 194 cm³/mol. The van der Waals surface area contributed by atoms with Crippen molar-refractivity contribution in [2.75, 3.05) is 0 Å². The van der Waals surface area contributed by atoms with Crippen molar-refractivity contribution in [1.82, 2.24) is 4.98 Å². The predicted octanol–water partition coefficient (Wildman–Crippen LogP) is 10.2. The highest BCUT2D eigenvalue weighted by atomic mass is 28.3. The molecular weight excluding hydrogens is 559 g/mol. The van der Waals surface area contributed by atoms with Crippen molar-refractivity contribution in [3.05, 3.63) is 164 Å². The fourth-order valence-corrected chi connectivity index (χ4v) is 10.0. The quantitative estimate of drug-likeness (QED) is 0.182. The lowest BCUT2D eigenvalue weighted by molar-refractivity contribution is 1.32. The topological polar surface area (TPSA) is 12.9 Å². The summed E-state index contributed by atoms with van der Waals surface area (Å²) in [6.07, 6.45) is 0. The summed E-state index contributed by atoms with van der Waals surface area (Å²) in [6, 6.07) is 59.3. The number of hydrogen-bond donors (Lipinski definition) is 0. The Hall–Kier alpha value is -5.31. The van der Waals surface area contributed by atoms with Gasteiger partial charge >= 0.3 is 0 Å². The van der Waals surface area contributed by atoms with Crippen LogP contribution in [0.1, 0.15) is 0 Å². The number of hydrogen-bond acceptors (Lipinski definition) is 1. The van der Waals surface area contributed by atoms with Gasteiger partial charge in [0.2, 0.25) is 0 Å². The van der Waals surface area contributed by atoms with Crippen molar-refractivity contribution in [2.45, 2.75) is 13.1 Å². The van der Waals surface area contributed by atoms with Gasteiger partial charge in [-0.2, -0.15) is 0 Å². The number of fused-ring (bicyclic) bond motifs is 3. The minimum Gasteiger partial charge on any atom is -0.248 e. The van der Waals surface area contributed by atoms with Gasteiger partial charge in [0.15, 0.2) is 0 Å². The number of rotatable bonds is 5. The summed E-state index contributed by atoms with van der Waals surface area (Å²) in [7, 11) is -1.72. The molecule has 0 N–H and O–H groups in total. The molecule has 0 spiro atoms. The Kier molecular flexibility index (Phi) is 6.66. The lowest BCUT2D eigenvalue weighted by atomic mass is 9.92. The maximum absolute atomic E-state index is 5.10. The second kappa shape index (κ2) is 11.0. The van der Waals surface area contributed by atoms with Crippen LogP contribution in [0.3, 0.4) is 0 Å². The van der Waals surface area contributed by atoms with Gasteiger partial charge in [0.05, 0.1) is 11.4 Å². The summed E-state index contributed by atoms with van der Waals surface area (Å²) < 4.78 is 0. The normalized spacial score (nSPS) is 12.8. The molecule has 0 unspecified atom stereocenters. The lowest BCUT2D eigenvalue weighted by Gasteiger charge is -2.19. The van der Waals surface area contributed by atoms with Crippen LogP contribution < -0.4 is 10.4 Å². The largest absolute Gasteiger partial charge is 0.248 e. The molecule has 7 aromatic rings. The maximum atomic E-state index is 5.10. The van der Waals surface area contributed by atoms with Gasteiger partial charge in [-0.3, -0.25) is 0 Å². The molecule has 2 heterocycles.